The minimum Gasteiger partial charge on any atom is -0.457 e. The molecule has 2 heterocycles. The maximum absolute atomic E-state index is 12.9. The van der Waals surface area contributed by atoms with Gasteiger partial charge in [-0.3, -0.25) is 29.0 Å². The zero-order valence-corrected chi connectivity index (χ0v) is 17.0. The predicted octanol–water partition coefficient (Wildman–Crippen LogP) is 2.38. The van der Waals surface area contributed by atoms with E-state index in [-0.39, 0.29) is 47.3 Å². The van der Waals surface area contributed by atoms with E-state index in [1.807, 2.05) is 31.2 Å². The second kappa shape index (κ2) is 6.03. The molecule has 4 unspecified atom stereocenters. The van der Waals surface area contributed by atoms with E-state index in [1.54, 1.807) is 24.3 Å². The van der Waals surface area contributed by atoms with Gasteiger partial charge in [0.1, 0.15) is 11.5 Å². The van der Waals surface area contributed by atoms with Crippen LogP contribution in [0, 0.1) is 42.4 Å². The Morgan fingerprint density at radius 3 is 1.55 bits per heavy atom. The molecular formula is C24H20N2O5. The van der Waals surface area contributed by atoms with Gasteiger partial charge >= 0.3 is 0 Å². The smallest absolute Gasteiger partial charge is 0.238 e. The number of ether oxygens (including phenoxy) is 1. The molecule has 7 nitrogen and oxygen atoms in total. The fourth-order valence-electron chi connectivity index (χ4n) is 5.52. The Kier molecular flexibility index (Phi) is 3.56. The van der Waals surface area contributed by atoms with Crippen molar-refractivity contribution in [3.05, 3.63) is 54.1 Å². The number of piperidine rings is 2. The minimum absolute atomic E-state index is 0.147. The topological polar surface area (TPSA) is 84.0 Å². The number of fused-ring (bicyclic) bond motifs is 2. The van der Waals surface area contributed by atoms with Crippen LogP contribution in [0.25, 0.3) is 0 Å². The molecule has 7 heteroatoms. The second-order valence-electron chi connectivity index (χ2n) is 8.91. The third kappa shape index (κ3) is 2.46. The van der Waals surface area contributed by atoms with E-state index in [0.29, 0.717) is 17.2 Å². The van der Waals surface area contributed by atoms with Crippen molar-refractivity contribution in [1.82, 2.24) is 4.90 Å². The lowest BCUT2D eigenvalue weighted by molar-refractivity contribution is -0.141. The number of carbonyl (C=O) groups is 4. The maximum atomic E-state index is 12.9. The largest absolute Gasteiger partial charge is 0.457 e. The van der Waals surface area contributed by atoms with Crippen LogP contribution in [0.5, 0.6) is 11.5 Å². The molecule has 31 heavy (non-hydrogen) atoms. The van der Waals surface area contributed by atoms with Gasteiger partial charge in [-0.1, -0.05) is 17.7 Å². The first-order valence-corrected chi connectivity index (χ1v) is 10.4. The third-order valence-corrected chi connectivity index (χ3v) is 7.19. The van der Waals surface area contributed by atoms with E-state index >= 15 is 0 Å². The number of likely N-dealkylation sites (tertiary alicyclic amines) is 1. The van der Waals surface area contributed by atoms with Gasteiger partial charge in [-0.15, -0.1) is 0 Å². The molecule has 156 valence electrons. The number of carbonyl (C=O) groups excluding carboxylic acids is 4. The SMILES string of the molecule is Cc1ccc(Oc2ccc(N3C(=O)C4C(C3=O)C4C3C4C(=O)N(C)C(=O)C43)cc2)cc1. The first-order chi connectivity index (χ1) is 14.9. The highest BCUT2D eigenvalue weighted by Crippen LogP contribution is 2.69. The van der Waals surface area contributed by atoms with Crippen LogP contribution >= 0.6 is 0 Å². The Balaban J connectivity index is 1.15. The summed E-state index contributed by atoms with van der Waals surface area (Å²) in [6.45, 7) is 2.00. The van der Waals surface area contributed by atoms with Crippen LogP contribution in [0.3, 0.4) is 0 Å². The highest BCUT2D eigenvalue weighted by molar-refractivity contribution is 6.25. The van der Waals surface area contributed by atoms with Gasteiger partial charge in [0.05, 0.1) is 29.4 Å². The molecule has 4 atom stereocenters. The Morgan fingerprint density at radius 1 is 0.645 bits per heavy atom. The van der Waals surface area contributed by atoms with E-state index < -0.39 is 11.8 Å². The summed E-state index contributed by atoms with van der Waals surface area (Å²) in [6.07, 6.45) is 0. The van der Waals surface area contributed by atoms with Gasteiger partial charge in [-0.05, 0) is 55.2 Å². The molecular weight excluding hydrogens is 396 g/mol. The Labute approximate surface area is 178 Å². The van der Waals surface area contributed by atoms with E-state index in [1.165, 1.54) is 16.8 Å². The monoisotopic (exact) mass is 416 g/mol. The number of hydrogen-bond donors (Lipinski definition) is 0. The molecule has 0 N–H and O–H groups in total. The summed E-state index contributed by atoms with van der Waals surface area (Å²) in [4.78, 5) is 52.6. The number of aryl methyl sites for hydroxylation is 1. The molecule has 6 rings (SSSR count). The summed E-state index contributed by atoms with van der Waals surface area (Å²) in [5.41, 5.74) is 1.65. The summed E-state index contributed by atoms with van der Waals surface area (Å²) < 4.78 is 5.81. The lowest BCUT2D eigenvalue weighted by Gasteiger charge is -2.20. The number of amides is 4. The first-order valence-electron chi connectivity index (χ1n) is 10.4. The van der Waals surface area contributed by atoms with Crippen LogP contribution < -0.4 is 9.64 Å². The van der Waals surface area contributed by atoms with Gasteiger partial charge in [-0.25, -0.2) is 0 Å². The lowest BCUT2D eigenvalue weighted by Crippen LogP contribution is -2.36. The molecule has 2 aliphatic heterocycles. The molecule has 4 fully saturated rings. The molecule has 2 aliphatic carbocycles. The molecule has 0 radical (unpaired) electrons. The summed E-state index contributed by atoms with van der Waals surface area (Å²) in [5.74, 6) is -1.28. The van der Waals surface area contributed by atoms with Crippen LogP contribution in [0.2, 0.25) is 0 Å². The molecule has 0 bridgehead atoms. The van der Waals surface area contributed by atoms with Crippen LogP contribution in [-0.2, 0) is 19.2 Å². The number of rotatable bonds is 4. The molecule has 0 spiro atoms. The molecule has 2 aromatic rings. The van der Waals surface area contributed by atoms with Gasteiger partial charge in [0.2, 0.25) is 23.6 Å². The highest BCUT2D eigenvalue weighted by atomic mass is 16.5. The number of nitrogens with zero attached hydrogens (tertiary/aromatic N) is 2. The predicted molar refractivity (Wildman–Crippen MR) is 109 cm³/mol. The fourth-order valence-corrected chi connectivity index (χ4v) is 5.52. The molecule has 2 saturated heterocycles. The first kappa shape index (κ1) is 18.3. The lowest BCUT2D eigenvalue weighted by atomic mass is 10.1. The second-order valence-corrected chi connectivity index (χ2v) is 8.91. The maximum Gasteiger partial charge on any atom is 0.238 e. The summed E-state index contributed by atoms with van der Waals surface area (Å²) in [7, 11) is 1.49. The van der Waals surface area contributed by atoms with E-state index in [9.17, 15) is 19.2 Å². The van der Waals surface area contributed by atoms with Crippen molar-refractivity contribution < 1.29 is 23.9 Å². The zero-order valence-electron chi connectivity index (χ0n) is 17.0. The molecule has 2 saturated carbocycles. The number of imide groups is 2. The summed E-state index contributed by atoms with van der Waals surface area (Å²) >= 11 is 0. The average Bonchev–Trinajstić information content (AvgIpc) is 3.62. The normalized spacial score (nSPS) is 33.0. The van der Waals surface area contributed by atoms with Crippen molar-refractivity contribution in [1.29, 1.82) is 0 Å². The van der Waals surface area contributed by atoms with Crippen LogP contribution in [0.4, 0.5) is 5.69 Å². The Bertz CT molecular complexity index is 1110. The van der Waals surface area contributed by atoms with E-state index in [2.05, 4.69) is 0 Å². The molecule has 2 aromatic carbocycles. The molecule has 4 aliphatic rings. The number of anilines is 1. The van der Waals surface area contributed by atoms with Gasteiger partial charge in [0, 0.05) is 7.05 Å². The average molecular weight is 416 g/mol. The van der Waals surface area contributed by atoms with E-state index in [0.717, 1.165) is 5.56 Å². The van der Waals surface area contributed by atoms with Crippen molar-refractivity contribution in [2.45, 2.75) is 6.92 Å². The summed E-state index contributed by atoms with van der Waals surface area (Å²) in [5, 5.41) is 0. The van der Waals surface area contributed by atoms with Crippen molar-refractivity contribution >= 4 is 29.3 Å². The van der Waals surface area contributed by atoms with Gasteiger partial charge in [-0.2, -0.15) is 0 Å². The van der Waals surface area contributed by atoms with Crippen LogP contribution in [0.1, 0.15) is 5.56 Å². The Morgan fingerprint density at radius 2 is 1.06 bits per heavy atom. The van der Waals surface area contributed by atoms with Crippen LogP contribution in [-0.4, -0.2) is 35.6 Å². The zero-order chi connectivity index (χ0) is 21.6. The van der Waals surface area contributed by atoms with Gasteiger partial charge in [0.25, 0.3) is 0 Å². The standard InChI is InChI=1S/C24H20N2O5/c1-11-3-7-13(8-4-11)31-14-9-5-12(6-10-14)26-23(29)19-16(20(19)24(26)30)15-17-18(15)22(28)25(2)21(17)27/h3-10,15-20H,1-2H3. The van der Waals surface area contributed by atoms with Crippen molar-refractivity contribution in [3.8, 4) is 11.5 Å². The van der Waals surface area contributed by atoms with Crippen molar-refractivity contribution in [2.75, 3.05) is 11.9 Å². The van der Waals surface area contributed by atoms with Crippen LogP contribution in [0.15, 0.2) is 48.5 Å². The third-order valence-electron chi connectivity index (χ3n) is 7.19. The minimum atomic E-state index is -0.405. The fraction of sp³-hybridized carbons (Fsp3) is 0.333. The van der Waals surface area contributed by atoms with Gasteiger partial charge in [0.15, 0.2) is 0 Å². The Hall–Kier alpha value is -3.48. The number of benzene rings is 2. The van der Waals surface area contributed by atoms with Crippen molar-refractivity contribution in [2.24, 2.45) is 35.5 Å². The summed E-state index contributed by atoms with van der Waals surface area (Å²) in [6, 6.07) is 14.5. The quantitative estimate of drug-likeness (QED) is 0.715. The highest BCUT2D eigenvalue weighted by Gasteiger charge is 2.79. The molecule has 0 aromatic heterocycles. The molecule has 4 amide bonds. The van der Waals surface area contributed by atoms with Gasteiger partial charge < -0.3 is 4.74 Å². The van der Waals surface area contributed by atoms with E-state index in [4.69, 9.17) is 4.74 Å². The van der Waals surface area contributed by atoms with Crippen molar-refractivity contribution in [3.63, 3.8) is 0 Å². The number of hydrogen-bond acceptors (Lipinski definition) is 5.